The zero-order valence-corrected chi connectivity index (χ0v) is 22.1. The van der Waals surface area contributed by atoms with Crippen LogP contribution in [-0.2, 0) is 7.05 Å². The first kappa shape index (κ1) is 25.4. The van der Waals surface area contributed by atoms with Gasteiger partial charge >= 0.3 is 0 Å². The van der Waals surface area contributed by atoms with Gasteiger partial charge in [0.25, 0.3) is 0 Å². The number of rotatable bonds is 7. The lowest BCUT2D eigenvalue weighted by Crippen LogP contribution is -2.16. The Morgan fingerprint density at radius 2 is 1.87 bits per heavy atom. The molecule has 0 fully saturated rings. The SMILES string of the molecule is CC(C)n1cc([C@@H](Nc2cc(Cl)c3ncc(C#N)c(Nc4ccc(F)c(Cl)c4)c3c2)c2cncn2C)nn1. The lowest BCUT2D eigenvalue weighted by molar-refractivity contribution is 0.514. The molecule has 9 nitrogen and oxygen atoms in total. The van der Waals surface area contributed by atoms with Crippen LogP contribution in [0.5, 0.6) is 0 Å². The maximum absolute atomic E-state index is 13.7. The van der Waals surface area contributed by atoms with Gasteiger partial charge in [-0.25, -0.2) is 14.1 Å². The highest BCUT2D eigenvalue weighted by Gasteiger charge is 2.23. The van der Waals surface area contributed by atoms with Crippen LogP contribution in [0.15, 0.2) is 55.2 Å². The minimum Gasteiger partial charge on any atom is -0.371 e. The van der Waals surface area contributed by atoms with E-state index in [9.17, 15) is 9.65 Å². The van der Waals surface area contributed by atoms with Gasteiger partial charge in [-0.1, -0.05) is 28.4 Å². The van der Waals surface area contributed by atoms with Crippen LogP contribution in [0.25, 0.3) is 10.9 Å². The first-order valence-corrected chi connectivity index (χ1v) is 12.4. The molecule has 38 heavy (non-hydrogen) atoms. The molecule has 2 N–H and O–H groups in total. The van der Waals surface area contributed by atoms with E-state index in [4.69, 9.17) is 23.2 Å². The Balaban J connectivity index is 1.61. The fourth-order valence-corrected chi connectivity index (χ4v) is 4.52. The fourth-order valence-electron chi connectivity index (χ4n) is 4.07. The number of anilines is 3. The monoisotopic (exact) mass is 549 g/mol. The third-order valence-corrected chi connectivity index (χ3v) is 6.63. The molecule has 3 aromatic heterocycles. The molecule has 0 amide bonds. The molecule has 5 aromatic rings. The van der Waals surface area contributed by atoms with E-state index >= 15 is 0 Å². The van der Waals surface area contributed by atoms with Crippen molar-refractivity contribution >= 4 is 51.2 Å². The number of hydrogen-bond acceptors (Lipinski definition) is 7. The number of aryl methyl sites for hydroxylation is 1. The number of nitrogens with one attached hydrogen (secondary N) is 2. The molecule has 0 saturated heterocycles. The number of hydrogen-bond donors (Lipinski definition) is 2. The van der Waals surface area contributed by atoms with E-state index < -0.39 is 11.9 Å². The number of nitriles is 1. The second-order valence-corrected chi connectivity index (χ2v) is 9.81. The normalized spacial score (nSPS) is 12.1. The van der Waals surface area contributed by atoms with Gasteiger partial charge in [0.05, 0.1) is 51.2 Å². The van der Waals surface area contributed by atoms with Gasteiger partial charge in [0.2, 0.25) is 0 Å². The number of halogens is 3. The van der Waals surface area contributed by atoms with Crippen LogP contribution >= 0.6 is 23.2 Å². The molecule has 3 heterocycles. The Bertz CT molecular complexity index is 1690. The molecule has 192 valence electrons. The summed E-state index contributed by atoms with van der Waals surface area (Å²) in [7, 11) is 1.90. The highest BCUT2D eigenvalue weighted by molar-refractivity contribution is 6.36. The van der Waals surface area contributed by atoms with Gasteiger partial charge in [0.1, 0.15) is 23.6 Å². The summed E-state index contributed by atoms with van der Waals surface area (Å²) < 4.78 is 17.4. The van der Waals surface area contributed by atoms with Crippen molar-refractivity contribution in [3.05, 3.63) is 88.1 Å². The van der Waals surface area contributed by atoms with Crippen molar-refractivity contribution in [3.63, 3.8) is 0 Å². The van der Waals surface area contributed by atoms with E-state index in [2.05, 4.69) is 37.0 Å². The van der Waals surface area contributed by atoms with Crippen LogP contribution in [0.4, 0.5) is 21.5 Å². The molecule has 0 bridgehead atoms. The van der Waals surface area contributed by atoms with Gasteiger partial charge in [-0.3, -0.25) is 4.98 Å². The summed E-state index contributed by atoms with van der Waals surface area (Å²) >= 11 is 12.7. The Hall–Kier alpha value is -4.20. The minimum atomic E-state index is -0.539. The van der Waals surface area contributed by atoms with Crippen LogP contribution in [-0.4, -0.2) is 29.5 Å². The summed E-state index contributed by atoms with van der Waals surface area (Å²) in [6.07, 6.45) is 6.80. The van der Waals surface area contributed by atoms with Crippen LogP contribution in [0.3, 0.4) is 0 Å². The van der Waals surface area contributed by atoms with Gasteiger partial charge in [0.15, 0.2) is 0 Å². The molecule has 0 aliphatic rings. The fraction of sp³-hybridized carbons (Fsp3) is 0.192. The van der Waals surface area contributed by atoms with Crippen LogP contribution in [0.2, 0.25) is 10.0 Å². The second-order valence-electron chi connectivity index (χ2n) is 8.99. The molecule has 0 unspecified atom stereocenters. The number of imidazole rings is 1. The van der Waals surface area contributed by atoms with Crippen molar-refractivity contribution in [2.45, 2.75) is 25.9 Å². The third kappa shape index (κ3) is 4.86. The van der Waals surface area contributed by atoms with Gasteiger partial charge in [0, 0.05) is 36.0 Å². The zero-order chi connectivity index (χ0) is 27.0. The lowest BCUT2D eigenvalue weighted by Gasteiger charge is -2.20. The standard InChI is InChI=1S/C26H22Cl2FN9/c1-14(2)38-12-22(35-36-38)26(23-11-31-13-37(23)3)34-17-6-18-24(33-16-4-5-21(29)19(27)7-16)15(9-30)10-32-25(18)20(28)8-17/h4-8,10-14,26,34H,1-3H3,(H,32,33)/t26-/m1/s1. The summed E-state index contributed by atoms with van der Waals surface area (Å²) in [5, 5.41) is 26.1. The van der Waals surface area contributed by atoms with E-state index in [1.54, 1.807) is 23.3 Å². The predicted molar refractivity (Wildman–Crippen MR) is 145 cm³/mol. The van der Waals surface area contributed by atoms with Crippen LogP contribution in [0, 0.1) is 17.1 Å². The van der Waals surface area contributed by atoms with Crippen molar-refractivity contribution in [1.29, 1.82) is 5.26 Å². The van der Waals surface area contributed by atoms with Gasteiger partial charge in [-0.2, -0.15) is 5.26 Å². The molecule has 5 rings (SSSR count). The Morgan fingerprint density at radius 3 is 2.53 bits per heavy atom. The Kier molecular flexibility index (Phi) is 6.89. The number of pyridine rings is 1. The van der Waals surface area contributed by atoms with E-state index in [0.717, 1.165) is 5.69 Å². The average molecular weight is 550 g/mol. The molecule has 0 radical (unpaired) electrons. The van der Waals surface area contributed by atoms with Crippen molar-refractivity contribution in [2.24, 2.45) is 7.05 Å². The van der Waals surface area contributed by atoms with Crippen molar-refractivity contribution in [3.8, 4) is 6.07 Å². The minimum absolute atomic E-state index is 0.0410. The number of nitrogens with zero attached hydrogens (tertiary/aromatic N) is 7. The van der Waals surface area contributed by atoms with E-state index in [1.807, 2.05) is 37.7 Å². The average Bonchev–Trinajstić information content (AvgIpc) is 3.55. The van der Waals surface area contributed by atoms with Crippen molar-refractivity contribution in [2.75, 3.05) is 10.6 Å². The van der Waals surface area contributed by atoms with Crippen molar-refractivity contribution in [1.82, 2.24) is 29.5 Å². The number of benzene rings is 2. The summed E-state index contributed by atoms with van der Waals surface area (Å²) in [4.78, 5) is 8.67. The van der Waals surface area contributed by atoms with Crippen LogP contribution < -0.4 is 10.6 Å². The molecule has 12 heteroatoms. The summed E-state index contributed by atoms with van der Waals surface area (Å²) in [6, 6.07) is 9.74. The topological polar surface area (TPSA) is 109 Å². The molecule has 0 aliphatic heterocycles. The Labute approximate surface area is 227 Å². The molecule has 0 saturated carbocycles. The van der Waals surface area contributed by atoms with E-state index in [-0.39, 0.29) is 16.6 Å². The lowest BCUT2D eigenvalue weighted by atomic mass is 10.1. The molecule has 0 aliphatic carbocycles. The first-order chi connectivity index (χ1) is 18.2. The van der Waals surface area contributed by atoms with E-state index in [1.165, 1.54) is 24.4 Å². The smallest absolute Gasteiger partial charge is 0.141 e. The number of aromatic nitrogens is 6. The maximum atomic E-state index is 13.7. The molecule has 1 atom stereocenters. The molecule has 2 aromatic carbocycles. The largest absolute Gasteiger partial charge is 0.371 e. The van der Waals surface area contributed by atoms with Crippen LogP contribution in [0.1, 0.15) is 42.9 Å². The predicted octanol–water partition coefficient (Wildman–Crippen LogP) is 6.40. The number of fused-ring (bicyclic) bond motifs is 1. The highest BCUT2D eigenvalue weighted by Crippen LogP contribution is 2.37. The summed E-state index contributed by atoms with van der Waals surface area (Å²) in [5.74, 6) is -0.539. The summed E-state index contributed by atoms with van der Waals surface area (Å²) in [5.41, 5.74) is 3.97. The van der Waals surface area contributed by atoms with Crippen molar-refractivity contribution < 1.29 is 4.39 Å². The first-order valence-electron chi connectivity index (χ1n) is 11.6. The zero-order valence-electron chi connectivity index (χ0n) is 20.6. The van der Waals surface area contributed by atoms with Gasteiger partial charge < -0.3 is 15.2 Å². The maximum Gasteiger partial charge on any atom is 0.141 e. The molecular weight excluding hydrogens is 528 g/mol. The highest BCUT2D eigenvalue weighted by atomic mass is 35.5. The van der Waals surface area contributed by atoms with E-state index in [0.29, 0.717) is 38.7 Å². The molecular formula is C26H22Cl2FN9. The van der Waals surface area contributed by atoms with Gasteiger partial charge in [-0.15, -0.1) is 5.10 Å². The quantitative estimate of drug-likeness (QED) is 0.241. The molecule has 0 spiro atoms. The second kappa shape index (κ2) is 10.3. The third-order valence-electron chi connectivity index (χ3n) is 6.05. The summed E-state index contributed by atoms with van der Waals surface area (Å²) in [6.45, 7) is 4.05. The Morgan fingerprint density at radius 1 is 1.08 bits per heavy atom. The van der Waals surface area contributed by atoms with Gasteiger partial charge in [-0.05, 0) is 44.2 Å².